The fraction of sp³-hybridized carbons (Fsp3) is 0.300. The highest BCUT2D eigenvalue weighted by Gasteiger charge is 2.25. The number of carboxylic acids is 1. The number of aryl methyl sites for hydroxylation is 1. The number of nitrogens with zero attached hydrogens (tertiary/aromatic N) is 1. The number of hydrogen-bond acceptors (Lipinski definition) is 5. The fourth-order valence-corrected chi connectivity index (χ4v) is 3.93. The Morgan fingerprint density at radius 2 is 2.11 bits per heavy atom. The molecule has 5 N–H and O–H groups in total. The molecule has 0 amide bonds. The number of hydrogen-bond donors (Lipinski definition) is 5. The number of fused-ring (bicyclic) bond motifs is 4. The number of aromatic hydroxyl groups is 1. The Balaban J connectivity index is 2.02. The third-order valence-electron chi connectivity index (χ3n) is 5.33. The maximum Gasteiger partial charge on any atom is 0.345 e. The van der Waals surface area contributed by atoms with E-state index >= 15 is 0 Å². The lowest BCUT2D eigenvalue weighted by molar-refractivity contribution is 0.0691. The molecular weight excluding hydrogens is 360 g/mol. The summed E-state index contributed by atoms with van der Waals surface area (Å²) in [5.74, 6) is -1.87. The summed E-state index contributed by atoms with van der Waals surface area (Å²) in [6.45, 7) is 1.40. The van der Waals surface area contributed by atoms with Crippen molar-refractivity contribution in [2.75, 3.05) is 18.9 Å². The van der Waals surface area contributed by atoms with Crippen LogP contribution in [-0.2, 0) is 20.0 Å². The molecule has 1 aliphatic heterocycles. The Kier molecular flexibility index (Phi) is 4.35. The molecule has 4 rings (SSSR count). The number of aromatic carboxylic acids is 1. The molecular formula is C20H22N4O4. The molecule has 0 saturated carbocycles. The first kappa shape index (κ1) is 18.1. The zero-order valence-electron chi connectivity index (χ0n) is 15.7. The van der Waals surface area contributed by atoms with E-state index in [0.717, 1.165) is 34.4 Å². The Bertz CT molecular complexity index is 1160. The van der Waals surface area contributed by atoms with Crippen LogP contribution in [0.25, 0.3) is 22.2 Å². The number of carboxylic acid groups (broad SMARTS) is 1. The molecule has 0 radical (unpaired) electrons. The quantitative estimate of drug-likeness (QED) is 0.473. The van der Waals surface area contributed by atoms with Crippen molar-refractivity contribution in [3.63, 3.8) is 0 Å². The summed E-state index contributed by atoms with van der Waals surface area (Å²) < 4.78 is 2.11. The van der Waals surface area contributed by atoms with E-state index in [1.165, 1.54) is 0 Å². The van der Waals surface area contributed by atoms with Crippen LogP contribution in [-0.4, -0.2) is 39.3 Å². The maximum absolute atomic E-state index is 12.3. The van der Waals surface area contributed by atoms with Gasteiger partial charge in [0.05, 0.1) is 11.2 Å². The average Bonchev–Trinajstić information content (AvgIpc) is 2.93. The van der Waals surface area contributed by atoms with Crippen LogP contribution in [0.15, 0.2) is 23.0 Å². The first-order chi connectivity index (χ1) is 13.4. The van der Waals surface area contributed by atoms with Crippen molar-refractivity contribution in [2.24, 2.45) is 7.05 Å². The van der Waals surface area contributed by atoms with E-state index in [-0.39, 0.29) is 0 Å². The number of aromatic amines is 1. The number of H-pyrrole nitrogens is 1. The lowest BCUT2D eigenvalue weighted by Crippen LogP contribution is -2.21. The Morgan fingerprint density at radius 1 is 1.32 bits per heavy atom. The Morgan fingerprint density at radius 3 is 2.82 bits per heavy atom. The molecule has 0 fully saturated rings. The SMILES string of the molecule is CNCc1cc2cc3c(cc2n1C)NCCCc1c-3[nH]c(=O)c(C(=O)O)c1O. The third kappa shape index (κ3) is 2.73. The first-order valence-corrected chi connectivity index (χ1v) is 9.15. The van der Waals surface area contributed by atoms with E-state index < -0.39 is 22.8 Å². The molecule has 0 aliphatic carbocycles. The highest BCUT2D eigenvalue weighted by molar-refractivity contribution is 5.96. The number of benzene rings is 1. The second-order valence-electron chi connectivity index (χ2n) is 7.05. The molecule has 1 aliphatic rings. The number of carbonyl (C=O) groups is 1. The maximum atomic E-state index is 12.3. The van der Waals surface area contributed by atoms with Crippen molar-refractivity contribution in [2.45, 2.75) is 19.4 Å². The molecule has 146 valence electrons. The predicted molar refractivity (Wildman–Crippen MR) is 107 cm³/mol. The van der Waals surface area contributed by atoms with Gasteiger partial charge in [0.1, 0.15) is 5.75 Å². The minimum atomic E-state index is -1.43. The normalized spacial score (nSPS) is 13.4. The van der Waals surface area contributed by atoms with Gasteiger partial charge in [0.15, 0.2) is 5.56 Å². The standard InChI is InChI=1S/C20H22N4O4/c1-21-9-11-6-10-7-13-14(8-15(10)24(11)2)22-5-3-4-12-17(13)23-19(26)16(18(12)25)20(27)28/h6-8,21-22H,3-5,9H2,1-2H3,(H,27,28)(H2,23,25,26). The summed E-state index contributed by atoms with van der Waals surface area (Å²) in [6.07, 6.45) is 1.16. The molecule has 0 spiro atoms. The summed E-state index contributed by atoms with van der Waals surface area (Å²) in [5, 5.41) is 27.4. The van der Waals surface area contributed by atoms with Crippen molar-refractivity contribution in [3.05, 3.63) is 45.4 Å². The summed E-state index contributed by atoms with van der Waals surface area (Å²) in [4.78, 5) is 26.4. The Labute approximate surface area is 160 Å². The van der Waals surface area contributed by atoms with Crippen LogP contribution in [0.5, 0.6) is 5.75 Å². The molecule has 0 saturated heterocycles. The van der Waals surface area contributed by atoms with Gasteiger partial charge in [-0.2, -0.15) is 0 Å². The topological polar surface area (TPSA) is 119 Å². The third-order valence-corrected chi connectivity index (χ3v) is 5.33. The van der Waals surface area contributed by atoms with Crippen molar-refractivity contribution in [1.29, 1.82) is 0 Å². The molecule has 28 heavy (non-hydrogen) atoms. The first-order valence-electron chi connectivity index (χ1n) is 9.15. The summed E-state index contributed by atoms with van der Waals surface area (Å²) >= 11 is 0. The van der Waals surface area contributed by atoms with Crippen LogP contribution >= 0.6 is 0 Å². The van der Waals surface area contributed by atoms with Gasteiger partial charge in [-0.3, -0.25) is 4.79 Å². The van der Waals surface area contributed by atoms with Crippen LogP contribution in [0.3, 0.4) is 0 Å². The van der Waals surface area contributed by atoms with Gasteiger partial charge in [0.2, 0.25) is 0 Å². The van der Waals surface area contributed by atoms with E-state index in [9.17, 15) is 19.8 Å². The number of pyridine rings is 1. The van der Waals surface area contributed by atoms with Gasteiger partial charge in [-0.25, -0.2) is 4.79 Å². The van der Waals surface area contributed by atoms with Crippen LogP contribution in [0.4, 0.5) is 5.69 Å². The van der Waals surface area contributed by atoms with Crippen LogP contribution in [0.1, 0.15) is 28.0 Å². The fourth-order valence-electron chi connectivity index (χ4n) is 3.93. The van der Waals surface area contributed by atoms with Gasteiger partial charge in [-0.05, 0) is 38.1 Å². The molecule has 1 aromatic carbocycles. The molecule has 3 heterocycles. The second kappa shape index (κ2) is 6.72. The summed E-state index contributed by atoms with van der Waals surface area (Å²) in [6, 6.07) is 6.07. The number of nitrogens with one attached hydrogen (secondary N) is 3. The summed E-state index contributed by atoms with van der Waals surface area (Å²) in [7, 11) is 3.90. The van der Waals surface area contributed by atoms with Crippen molar-refractivity contribution < 1.29 is 15.0 Å². The van der Waals surface area contributed by atoms with E-state index in [1.807, 2.05) is 26.2 Å². The monoisotopic (exact) mass is 382 g/mol. The van der Waals surface area contributed by atoms with Crippen LogP contribution < -0.4 is 16.2 Å². The number of anilines is 1. The molecule has 8 heteroatoms. The highest BCUT2D eigenvalue weighted by atomic mass is 16.4. The van der Waals surface area contributed by atoms with E-state index in [1.54, 1.807) is 0 Å². The van der Waals surface area contributed by atoms with Gasteiger partial charge in [-0.15, -0.1) is 0 Å². The summed E-state index contributed by atoms with van der Waals surface area (Å²) in [5.41, 5.74) is 3.27. The number of rotatable bonds is 3. The molecule has 3 aromatic rings. The lowest BCUT2D eigenvalue weighted by atomic mass is 9.95. The van der Waals surface area contributed by atoms with Gasteiger partial charge in [0, 0.05) is 48.0 Å². The molecule has 8 nitrogen and oxygen atoms in total. The van der Waals surface area contributed by atoms with E-state index in [4.69, 9.17) is 0 Å². The smallest absolute Gasteiger partial charge is 0.345 e. The van der Waals surface area contributed by atoms with E-state index in [0.29, 0.717) is 30.6 Å². The Hall–Kier alpha value is -3.26. The second-order valence-corrected chi connectivity index (χ2v) is 7.05. The van der Waals surface area contributed by atoms with Crippen LogP contribution in [0.2, 0.25) is 0 Å². The molecule has 0 unspecified atom stereocenters. The zero-order valence-corrected chi connectivity index (χ0v) is 15.7. The zero-order chi connectivity index (χ0) is 20.0. The molecule has 0 bridgehead atoms. The van der Waals surface area contributed by atoms with Gasteiger partial charge >= 0.3 is 5.97 Å². The minimum Gasteiger partial charge on any atom is -0.506 e. The van der Waals surface area contributed by atoms with Gasteiger partial charge < -0.3 is 30.4 Å². The molecule has 0 atom stereocenters. The highest BCUT2D eigenvalue weighted by Crippen LogP contribution is 2.38. The van der Waals surface area contributed by atoms with Crippen molar-refractivity contribution in [1.82, 2.24) is 14.9 Å². The average molecular weight is 382 g/mol. The van der Waals surface area contributed by atoms with Crippen molar-refractivity contribution in [3.8, 4) is 17.0 Å². The predicted octanol–water partition coefficient (Wildman–Crippen LogP) is 2.01. The van der Waals surface area contributed by atoms with Crippen LogP contribution in [0, 0.1) is 0 Å². The lowest BCUT2D eigenvalue weighted by Gasteiger charge is -2.20. The van der Waals surface area contributed by atoms with Crippen molar-refractivity contribution >= 4 is 22.6 Å². The minimum absolute atomic E-state index is 0.442. The molecule has 2 aromatic heterocycles. The van der Waals surface area contributed by atoms with E-state index in [2.05, 4.69) is 26.3 Å². The van der Waals surface area contributed by atoms with Gasteiger partial charge in [-0.1, -0.05) is 0 Å². The number of aromatic nitrogens is 2. The van der Waals surface area contributed by atoms with Gasteiger partial charge in [0.25, 0.3) is 5.56 Å². The largest absolute Gasteiger partial charge is 0.506 e.